The number of phenolic OH excluding ortho intramolecular Hbond substituents is 3. The number of allylic oxidation sites excluding steroid dienone is 4. The Bertz CT molecular complexity index is 3810. The molecule has 2 saturated carbocycles. The summed E-state index contributed by atoms with van der Waals surface area (Å²) in [5.74, 6) is 6.16. The zero-order valence-electron chi connectivity index (χ0n) is 54.0. The van der Waals surface area contributed by atoms with E-state index in [1.807, 2.05) is 48.5 Å². The molecular formula is C79H94N4O9. The number of hydrogen-bond acceptors (Lipinski definition) is 12. The molecule has 10 N–H and O–H groups in total. The maximum Gasteiger partial charge on any atom is 0.173 e. The van der Waals surface area contributed by atoms with E-state index in [4.69, 9.17) is 4.74 Å². The number of aryl methyl sites for hydroxylation is 1. The number of Topliss-reactive ketones (excluding diaryl/α,β-unsaturated/α-hetero) is 2. The van der Waals surface area contributed by atoms with Crippen molar-refractivity contribution in [3.05, 3.63) is 184 Å². The van der Waals surface area contributed by atoms with E-state index in [0.717, 1.165) is 113 Å². The zero-order chi connectivity index (χ0) is 64.2. The molecule has 13 heteroatoms. The lowest BCUT2D eigenvalue weighted by molar-refractivity contribution is -0.142. The van der Waals surface area contributed by atoms with Gasteiger partial charge in [0.25, 0.3) is 0 Å². The summed E-state index contributed by atoms with van der Waals surface area (Å²) in [7, 11) is 1.50. The third-order valence-corrected chi connectivity index (χ3v) is 22.0. The van der Waals surface area contributed by atoms with Crippen LogP contribution in [0.25, 0.3) is 10.8 Å². The number of H-pyrrole nitrogens is 1. The first-order chi connectivity index (χ1) is 44.6. The number of aliphatic hydroxyl groups is 3. The van der Waals surface area contributed by atoms with Crippen molar-refractivity contribution in [2.75, 3.05) is 32.1 Å². The van der Waals surface area contributed by atoms with Crippen molar-refractivity contribution in [2.24, 2.45) is 41.4 Å². The zero-order valence-corrected chi connectivity index (χ0v) is 54.0. The second-order valence-electron chi connectivity index (χ2n) is 28.1. The van der Waals surface area contributed by atoms with Gasteiger partial charge in [0.2, 0.25) is 0 Å². The van der Waals surface area contributed by atoms with Crippen molar-refractivity contribution in [1.82, 2.24) is 15.6 Å². The van der Waals surface area contributed by atoms with Crippen LogP contribution < -0.4 is 20.7 Å². The van der Waals surface area contributed by atoms with Gasteiger partial charge < -0.3 is 56.3 Å². The third kappa shape index (κ3) is 13.9. The van der Waals surface area contributed by atoms with Gasteiger partial charge in [-0.2, -0.15) is 0 Å². The highest BCUT2D eigenvalue weighted by Crippen LogP contribution is 2.52. The lowest BCUT2D eigenvalue weighted by Crippen LogP contribution is -2.48. The molecule has 1 spiro atoms. The van der Waals surface area contributed by atoms with Crippen molar-refractivity contribution < 1.29 is 45.0 Å². The highest BCUT2D eigenvalue weighted by atomic mass is 16.5. The van der Waals surface area contributed by atoms with Gasteiger partial charge in [0.15, 0.2) is 29.2 Å². The molecule has 4 aliphatic carbocycles. The first-order valence-corrected chi connectivity index (χ1v) is 34.2. The van der Waals surface area contributed by atoms with Crippen molar-refractivity contribution in [2.45, 2.75) is 165 Å². The number of methoxy groups -OCH3 is 1. The molecule has 484 valence electrons. The summed E-state index contributed by atoms with van der Waals surface area (Å²) in [6.45, 7) is 8.15. The van der Waals surface area contributed by atoms with Crippen LogP contribution in [0.5, 0.6) is 23.0 Å². The van der Waals surface area contributed by atoms with Crippen LogP contribution in [0, 0.1) is 53.3 Å². The van der Waals surface area contributed by atoms with E-state index in [1.165, 1.54) is 7.11 Å². The van der Waals surface area contributed by atoms with Crippen molar-refractivity contribution in [1.29, 1.82) is 0 Å². The number of carbonyl (C=O) groups excluding carboxylic acids is 2. The van der Waals surface area contributed by atoms with Gasteiger partial charge in [-0.05, 0) is 198 Å². The number of ketones is 2. The Balaban J connectivity index is 0.983. The number of aromatic amines is 1. The number of benzene rings is 5. The smallest absolute Gasteiger partial charge is 0.173 e. The summed E-state index contributed by atoms with van der Waals surface area (Å²) in [5.41, 5.74) is 8.74. The van der Waals surface area contributed by atoms with Crippen LogP contribution in [-0.2, 0) is 34.3 Å². The van der Waals surface area contributed by atoms with Crippen LogP contribution in [0.15, 0.2) is 139 Å². The molecule has 2 aliphatic heterocycles. The summed E-state index contributed by atoms with van der Waals surface area (Å²) < 4.78 is 5.71. The molecule has 9 bridgehead atoms. The van der Waals surface area contributed by atoms with Gasteiger partial charge in [0.05, 0.1) is 25.2 Å². The number of fused-ring (bicyclic) bond motifs is 10. The van der Waals surface area contributed by atoms with Crippen molar-refractivity contribution >= 4 is 28.0 Å². The SMILES string of the molecule is CCC[C@@H]1[C@@H]2C[C@H](CC3=CCNC(=C3)Nc3ccc4ccc(c(O)c4c3)C[C@@H](O)CNC[C@@H](C)c3c[nH]c(c3)C3(CCCCC3)[C@H]1O)C[C@@H]1C#C[C@@H](c3ccccc3[C@H]3C=C[C@H](Cc4cccc(O)c4)[C@@H](C)C3)c3cc(O)c(OC)cc3CCC(=O)[C@H](O)C(=O)[C@@H]1C2. The molecule has 0 amide bonds. The molecule has 0 radical (unpaired) electrons. The van der Waals surface area contributed by atoms with E-state index in [2.05, 4.69) is 114 Å². The monoisotopic (exact) mass is 1240 g/mol. The minimum absolute atomic E-state index is 0.0310. The number of rotatable bonds is 7. The second kappa shape index (κ2) is 28.3. The Hall–Kier alpha value is -7.60. The Labute approximate surface area is 542 Å². The first-order valence-electron chi connectivity index (χ1n) is 34.2. The summed E-state index contributed by atoms with van der Waals surface area (Å²) in [6.07, 6.45) is 18.0. The topological polar surface area (TPSA) is 217 Å². The molecule has 6 aromatic rings. The standard InChI is InChI=1S/C79H94N4O9/c1-5-12-64-58-35-51(32-50-27-30-81-74(37-50)83-60-24-21-52-17-20-57(75(88)69(52)42-60)38-62(85)46-80-44-48(3)59-41-73(82-45-59)79(78(64)91)28-9-6-10-29-79)34-55-22-25-66(67-43-71(87)72(92-4)40-56(67)23-26-70(86)77(90)76(89)68(55)39-58)65-16-8-7-15-63(65)54-19-18-53(47(2)31-54)33-49-13-11-14-61(84)36-49/h7-8,11,13-21,24,27,36-37,40-43,45,47-48,51,53-55,58,62,64,66,68,77-78,80-85,87-88,90-91H,5-6,9-10,12,23,26,28-35,38-39,44,46H2,1-4H3/t47-,48+,51+,53+,54-,55-,58+,62+,64+,66-,68+,77-,78-/m0/s1. The maximum absolute atomic E-state index is 15.7. The van der Waals surface area contributed by atoms with E-state index >= 15 is 4.79 Å². The first kappa shape index (κ1) is 64.5. The van der Waals surface area contributed by atoms with Crippen LogP contribution in [0.2, 0.25) is 0 Å². The number of dihydropyridines is 1. The van der Waals surface area contributed by atoms with E-state index in [-0.39, 0.29) is 77.8 Å². The average Bonchev–Trinajstić information content (AvgIpc) is 1.44. The second-order valence-corrected chi connectivity index (χ2v) is 28.1. The predicted octanol–water partition coefficient (Wildman–Crippen LogP) is 13.2. The van der Waals surface area contributed by atoms with Crippen molar-refractivity contribution in [3.63, 3.8) is 0 Å². The number of hydrogen-bond donors (Lipinski definition) is 10. The fourth-order valence-corrected chi connectivity index (χ4v) is 16.9. The molecule has 0 saturated heterocycles. The van der Waals surface area contributed by atoms with Gasteiger partial charge >= 0.3 is 0 Å². The fourth-order valence-electron chi connectivity index (χ4n) is 16.9. The molecule has 5 aromatic carbocycles. The van der Waals surface area contributed by atoms with Crippen LogP contribution in [0.3, 0.4) is 0 Å². The summed E-state index contributed by atoms with van der Waals surface area (Å²) in [6, 6.07) is 31.5. The number of aliphatic hydroxyl groups excluding tert-OH is 3. The number of nitrogens with one attached hydrogen (secondary N) is 4. The molecule has 2 fully saturated rings. The quantitative estimate of drug-likeness (QED) is 0.0410. The maximum atomic E-state index is 15.7. The van der Waals surface area contributed by atoms with Gasteiger partial charge in [-0.1, -0.05) is 131 Å². The van der Waals surface area contributed by atoms with Gasteiger partial charge in [0, 0.05) is 78.6 Å². The van der Waals surface area contributed by atoms with Crippen LogP contribution in [-0.4, -0.2) is 92.2 Å². The van der Waals surface area contributed by atoms with Crippen LogP contribution >= 0.6 is 0 Å². The summed E-state index contributed by atoms with van der Waals surface area (Å²) >= 11 is 0. The summed E-state index contributed by atoms with van der Waals surface area (Å²) in [4.78, 5) is 34.1. The Morgan fingerprint density at radius 3 is 2.38 bits per heavy atom. The highest BCUT2D eigenvalue weighted by molar-refractivity contribution is 6.06. The fraction of sp³-hybridized carbons (Fsp3) is 0.468. The number of ether oxygens (including phenoxy) is 1. The predicted molar refractivity (Wildman–Crippen MR) is 363 cm³/mol. The van der Waals surface area contributed by atoms with Crippen molar-refractivity contribution in [3.8, 4) is 34.8 Å². The molecule has 13 nitrogen and oxygen atoms in total. The molecule has 92 heavy (non-hydrogen) atoms. The Morgan fingerprint density at radius 1 is 0.772 bits per heavy atom. The third-order valence-electron chi connectivity index (χ3n) is 22.0. The van der Waals surface area contributed by atoms with E-state index in [0.29, 0.717) is 68.6 Å². The normalized spacial score (nSPS) is 28.8. The minimum atomic E-state index is -1.88. The Kier molecular flexibility index (Phi) is 19.9. The molecule has 12 rings (SSSR count). The van der Waals surface area contributed by atoms with Crippen LogP contribution in [0.4, 0.5) is 5.69 Å². The minimum Gasteiger partial charge on any atom is -0.508 e. The van der Waals surface area contributed by atoms with Gasteiger partial charge in [-0.25, -0.2) is 0 Å². The van der Waals surface area contributed by atoms with Gasteiger partial charge in [-0.15, -0.1) is 0 Å². The molecule has 1 aromatic heterocycles. The number of carbonyl (C=O) groups is 2. The molecule has 13 atom stereocenters. The number of β-amino-alcohol motifs (C(OH)–C–C–N with tert-alkyl or cyclic N) is 1. The lowest BCUT2D eigenvalue weighted by Gasteiger charge is -2.46. The molecule has 0 unspecified atom stereocenters. The number of anilines is 1. The van der Waals surface area contributed by atoms with Gasteiger partial charge in [0.1, 0.15) is 17.3 Å². The lowest BCUT2D eigenvalue weighted by atomic mass is 9.61. The van der Waals surface area contributed by atoms with E-state index in [9.17, 15) is 35.4 Å². The number of phenols is 3. The van der Waals surface area contributed by atoms with E-state index in [1.54, 1.807) is 18.2 Å². The molecule has 6 aliphatic rings. The average molecular weight is 1240 g/mol. The largest absolute Gasteiger partial charge is 0.508 e. The number of aromatic nitrogens is 1. The van der Waals surface area contributed by atoms with Crippen LogP contribution in [0.1, 0.15) is 167 Å². The molecular weight excluding hydrogens is 1150 g/mol. The Morgan fingerprint density at radius 2 is 1.59 bits per heavy atom. The number of aromatic hydroxyl groups is 3. The van der Waals surface area contributed by atoms with Gasteiger partial charge in [-0.3, -0.25) is 9.59 Å². The molecule has 3 heterocycles. The summed E-state index contributed by atoms with van der Waals surface area (Å²) in [5, 5.41) is 83.4. The van der Waals surface area contributed by atoms with E-state index < -0.39 is 53.0 Å². The highest BCUT2D eigenvalue weighted by Gasteiger charge is 2.50.